The highest BCUT2D eigenvalue weighted by atomic mass is 32.2. The molecule has 0 amide bonds. The molecular weight excluding hydrogens is 470 g/mol. The standard InChI is InChI=1S/C25H38N3O4S2/c1-4-21-5-8-24(9-6-21)28(33(3)29)19-20(2)17-23-18-22(7-10-25(23)34(26,30)31)11-12-27-13-15-32-16-14-27/h5-10,18,20,33H,4,11-17,19H2,1-3H3,(H2,26,30,31)/q+1. The van der Waals surface area contributed by atoms with Crippen molar-refractivity contribution < 1.29 is 21.3 Å². The number of nitrogens with two attached hydrogens (primary N) is 1. The van der Waals surface area contributed by atoms with Gasteiger partial charge in [-0.25, -0.2) is 17.8 Å². The smallest absolute Gasteiger partial charge is 0.238 e. The molecule has 1 fully saturated rings. The van der Waals surface area contributed by atoms with E-state index in [1.54, 1.807) is 12.3 Å². The van der Waals surface area contributed by atoms with E-state index in [2.05, 4.69) is 30.9 Å². The van der Waals surface area contributed by atoms with Crippen molar-refractivity contribution in [3.63, 3.8) is 0 Å². The van der Waals surface area contributed by atoms with Crippen LogP contribution in [0.1, 0.15) is 30.5 Å². The maximum atomic E-state index is 12.5. The SMILES string of the molecule is CCc1ccc(/[N+](CC(C)Cc2cc(CCN3CCOCC3)ccc2S(N)(=O)=O)=[SH](\C)=O)cc1. The minimum Gasteiger partial charge on any atom is -0.379 e. The zero-order valence-electron chi connectivity index (χ0n) is 20.4. The van der Waals surface area contributed by atoms with Crippen LogP contribution in [0.2, 0.25) is 0 Å². The Labute approximate surface area is 206 Å². The predicted molar refractivity (Wildman–Crippen MR) is 138 cm³/mol. The summed E-state index contributed by atoms with van der Waals surface area (Å²) in [5, 5.41) is 5.53. The Morgan fingerprint density at radius 2 is 1.76 bits per heavy atom. The first-order chi connectivity index (χ1) is 16.2. The molecule has 2 N–H and O–H groups in total. The highest BCUT2D eigenvalue weighted by Crippen LogP contribution is 2.23. The normalized spacial score (nSPS) is 17.4. The Kier molecular flexibility index (Phi) is 9.67. The fraction of sp³-hybridized carbons (Fsp3) is 0.520. The van der Waals surface area contributed by atoms with Gasteiger partial charge in [-0.05, 0) is 42.0 Å². The lowest BCUT2D eigenvalue weighted by atomic mass is 9.98. The molecule has 0 saturated carbocycles. The fourth-order valence-corrected chi connectivity index (χ4v) is 6.09. The molecule has 2 aromatic carbocycles. The Hall–Kier alpha value is -1.78. The van der Waals surface area contributed by atoms with Crippen LogP contribution in [0.3, 0.4) is 0 Å². The van der Waals surface area contributed by atoms with Crippen molar-refractivity contribution in [3.8, 4) is 0 Å². The molecule has 3 rings (SSSR count). The third-order valence-electron chi connectivity index (χ3n) is 6.29. The molecule has 2 unspecified atom stereocenters. The second-order valence-corrected chi connectivity index (χ2v) is 12.0. The van der Waals surface area contributed by atoms with Gasteiger partial charge in [0, 0.05) is 37.7 Å². The van der Waals surface area contributed by atoms with Crippen molar-refractivity contribution in [2.75, 3.05) is 45.6 Å². The largest absolute Gasteiger partial charge is 0.379 e. The molecule has 0 bridgehead atoms. The Bertz CT molecular complexity index is 1150. The monoisotopic (exact) mass is 508 g/mol. The number of primary sulfonamides is 1. The second-order valence-electron chi connectivity index (χ2n) is 9.07. The van der Waals surface area contributed by atoms with Crippen LogP contribution in [0.25, 0.3) is 0 Å². The maximum absolute atomic E-state index is 12.5. The third-order valence-corrected chi connectivity index (χ3v) is 8.37. The van der Waals surface area contributed by atoms with E-state index in [1.165, 1.54) is 5.56 Å². The molecule has 0 aliphatic carbocycles. The summed E-state index contributed by atoms with van der Waals surface area (Å²) in [6.45, 7) is 8.97. The summed E-state index contributed by atoms with van der Waals surface area (Å²) >= 11 is 0. The van der Waals surface area contributed by atoms with Crippen molar-refractivity contribution in [3.05, 3.63) is 59.2 Å². The van der Waals surface area contributed by atoms with Crippen LogP contribution in [-0.4, -0.2) is 67.1 Å². The summed E-state index contributed by atoms with van der Waals surface area (Å²) in [6, 6.07) is 13.6. The quantitative estimate of drug-likeness (QED) is 0.380. The van der Waals surface area contributed by atoms with Crippen LogP contribution in [0.4, 0.5) is 5.69 Å². The lowest BCUT2D eigenvalue weighted by Crippen LogP contribution is -2.37. The van der Waals surface area contributed by atoms with Gasteiger partial charge in [-0.1, -0.05) is 38.1 Å². The van der Waals surface area contributed by atoms with Crippen LogP contribution >= 0.6 is 0 Å². The molecule has 9 heteroatoms. The topological polar surface area (TPSA) is 92.7 Å². The van der Waals surface area contributed by atoms with Gasteiger partial charge in [0.05, 0.1) is 24.4 Å². The predicted octanol–water partition coefficient (Wildman–Crippen LogP) is 2.59. The molecule has 2 atom stereocenters. The van der Waals surface area contributed by atoms with Crippen molar-refractivity contribution in [2.45, 2.75) is 38.0 Å². The average molecular weight is 509 g/mol. The number of hydrogen-bond donors (Lipinski definition) is 2. The average Bonchev–Trinajstić information content (AvgIpc) is 2.81. The number of morpholine rings is 1. The zero-order chi connectivity index (χ0) is 24.7. The van der Waals surface area contributed by atoms with E-state index in [-0.39, 0.29) is 10.8 Å². The fourth-order valence-electron chi connectivity index (χ4n) is 4.36. The second kappa shape index (κ2) is 12.3. The van der Waals surface area contributed by atoms with E-state index in [4.69, 9.17) is 9.88 Å². The number of rotatable bonds is 10. The van der Waals surface area contributed by atoms with Gasteiger partial charge < -0.3 is 4.74 Å². The van der Waals surface area contributed by atoms with E-state index >= 15 is 0 Å². The molecule has 1 aliphatic heterocycles. The summed E-state index contributed by atoms with van der Waals surface area (Å²) in [5.74, 6) is 0.0692. The molecule has 1 saturated heterocycles. The highest BCUT2D eigenvalue weighted by molar-refractivity contribution is 7.89. The molecule has 34 heavy (non-hydrogen) atoms. The number of sulfonamides is 1. The number of aryl methyl sites for hydroxylation is 1. The van der Waals surface area contributed by atoms with E-state index in [1.807, 2.05) is 28.2 Å². The van der Waals surface area contributed by atoms with Gasteiger partial charge in [0.25, 0.3) is 0 Å². The number of hydrogen-bond acceptors (Lipinski definition) is 5. The van der Waals surface area contributed by atoms with Crippen LogP contribution in [0.15, 0.2) is 47.4 Å². The van der Waals surface area contributed by atoms with E-state index in [9.17, 15) is 12.6 Å². The van der Waals surface area contributed by atoms with E-state index in [0.29, 0.717) is 13.0 Å². The first-order valence-corrected chi connectivity index (χ1v) is 15.1. The molecule has 0 radical (unpaired) electrons. The van der Waals surface area contributed by atoms with Gasteiger partial charge in [0.2, 0.25) is 15.7 Å². The van der Waals surface area contributed by atoms with Gasteiger partial charge in [-0.15, -0.1) is 0 Å². The van der Waals surface area contributed by atoms with Crippen molar-refractivity contribution in [1.82, 2.24) is 4.90 Å². The summed E-state index contributed by atoms with van der Waals surface area (Å²) < 4.78 is 44.4. The van der Waals surface area contributed by atoms with E-state index < -0.39 is 20.6 Å². The van der Waals surface area contributed by atoms with Gasteiger partial charge in [-0.2, -0.15) is 3.95 Å². The summed E-state index contributed by atoms with van der Waals surface area (Å²) in [4.78, 5) is 2.54. The van der Waals surface area contributed by atoms with Gasteiger partial charge in [-0.3, -0.25) is 4.90 Å². The number of nitrogens with zero attached hydrogens (tertiary/aromatic N) is 2. The molecule has 1 heterocycles. The van der Waals surface area contributed by atoms with Gasteiger partial charge >= 0.3 is 0 Å². The summed E-state index contributed by atoms with van der Waals surface area (Å²) in [5.41, 5.74) is 3.96. The minimum atomic E-state index is -3.83. The van der Waals surface area contributed by atoms with Crippen LogP contribution < -0.4 is 5.14 Å². The van der Waals surface area contributed by atoms with Crippen molar-refractivity contribution >= 4 is 26.3 Å². The third kappa shape index (κ3) is 7.61. The Balaban J connectivity index is 1.77. The Morgan fingerprint density at radius 3 is 2.35 bits per heavy atom. The number of thiol groups is 1. The molecule has 0 spiro atoms. The first-order valence-electron chi connectivity index (χ1n) is 11.9. The summed E-state index contributed by atoms with van der Waals surface area (Å²) in [7, 11) is -5.42. The minimum absolute atomic E-state index is 0.0692. The van der Waals surface area contributed by atoms with Crippen LogP contribution in [-0.2, 0) is 44.6 Å². The maximum Gasteiger partial charge on any atom is 0.238 e. The number of benzene rings is 2. The van der Waals surface area contributed by atoms with Crippen molar-refractivity contribution in [2.24, 2.45) is 11.1 Å². The molecular formula is C25H38N3O4S2+. The first kappa shape index (κ1) is 26.8. The molecule has 0 aromatic heterocycles. The lowest BCUT2D eigenvalue weighted by molar-refractivity contribution is -0.422. The molecule has 2 aromatic rings. The Morgan fingerprint density at radius 1 is 1.12 bits per heavy atom. The lowest BCUT2D eigenvalue weighted by Gasteiger charge is -2.26. The number of ether oxygens (including phenoxy) is 1. The highest BCUT2D eigenvalue weighted by Gasteiger charge is 2.21. The van der Waals surface area contributed by atoms with Crippen LogP contribution in [0, 0.1) is 5.92 Å². The summed E-state index contributed by atoms with van der Waals surface area (Å²) in [6.07, 6.45) is 4.03. The molecule has 1 aliphatic rings. The van der Waals surface area contributed by atoms with E-state index in [0.717, 1.165) is 62.5 Å². The molecule has 188 valence electrons. The zero-order valence-corrected chi connectivity index (χ0v) is 22.2. The van der Waals surface area contributed by atoms with Gasteiger partial charge in [0.1, 0.15) is 10.6 Å². The van der Waals surface area contributed by atoms with Crippen molar-refractivity contribution in [1.29, 1.82) is 0 Å². The van der Waals surface area contributed by atoms with Crippen LogP contribution in [0.5, 0.6) is 0 Å². The molecule has 7 nitrogen and oxygen atoms in total. The van der Waals surface area contributed by atoms with Gasteiger partial charge in [0.15, 0.2) is 6.54 Å².